The summed E-state index contributed by atoms with van der Waals surface area (Å²) in [6, 6.07) is 1.37. The number of aliphatic carboxylic acids is 2. The molecule has 4 unspecified atom stereocenters. The Kier molecular flexibility index (Phi) is 9.40. The van der Waals surface area contributed by atoms with Gasteiger partial charge in [0.05, 0.1) is 6.61 Å². The highest BCUT2D eigenvalue weighted by atomic mass is 16.6. The van der Waals surface area contributed by atoms with E-state index in [4.69, 9.17) is 46.2 Å². The molecule has 8 atom stereocenters. The fourth-order valence-corrected chi connectivity index (χ4v) is 2.40. The molecule has 16 nitrogen and oxygen atoms in total. The van der Waals surface area contributed by atoms with Gasteiger partial charge in [-0.2, -0.15) is 4.98 Å². The number of aliphatic hydroxyl groups excluding tert-OH is 7. The molecule has 1 aliphatic heterocycles. The number of ether oxygens (including phenoxy) is 1. The van der Waals surface area contributed by atoms with Crippen molar-refractivity contribution in [2.75, 3.05) is 12.3 Å². The smallest absolute Gasteiger partial charge is 0.351 e. The molecular weight excluding hydrogens is 430 g/mol. The Labute approximate surface area is 172 Å². The monoisotopic (exact) mass is 453 g/mol. The summed E-state index contributed by atoms with van der Waals surface area (Å²) in [6.07, 6.45) is -12.5. The molecule has 0 aromatic carbocycles. The van der Waals surface area contributed by atoms with E-state index in [1.54, 1.807) is 0 Å². The molecule has 1 fully saturated rings. The van der Waals surface area contributed by atoms with Crippen LogP contribution in [0.25, 0.3) is 0 Å². The SMILES string of the molecule is Nc1ccn([C@@H]2O[C@H](CO)[C@@H](O)[C@H]2O)c(=O)n1.O=C(O)C(O)C(O)C(O)C(O)C(=O)O. The molecule has 1 aliphatic rings. The first-order chi connectivity index (χ1) is 14.3. The van der Waals surface area contributed by atoms with Crippen LogP contribution in [0.5, 0.6) is 0 Å². The number of anilines is 1. The number of hydrogen-bond acceptors (Lipinski definition) is 13. The maximum Gasteiger partial charge on any atom is 0.351 e. The molecule has 0 saturated carbocycles. The maximum absolute atomic E-state index is 11.5. The van der Waals surface area contributed by atoms with Gasteiger partial charge in [-0.25, -0.2) is 14.4 Å². The van der Waals surface area contributed by atoms with Crippen LogP contribution in [0.4, 0.5) is 5.82 Å². The molecule has 1 aromatic rings. The predicted molar refractivity (Wildman–Crippen MR) is 95.2 cm³/mol. The van der Waals surface area contributed by atoms with Crippen LogP contribution in [0, 0.1) is 0 Å². The van der Waals surface area contributed by atoms with E-state index in [0.717, 1.165) is 4.57 Å². The number of hydrogen-bond donors (Lipinski definition) is 10. The Morgan fingerprint density at radius 2 is 1.55 bits per heavy atom. The number of carbonyl (C=O) groups is 2. The third kappa shape index (κ3) is 6.39. The van der Waals surface area contributed by atoms with Gasteiger partial charge in [0.15, 0.2) is 18.4 Å². The fourth-order valence-electron chi connectivity index (χ4n) is 2.40. The number of carboxylic acid groups (broad SMARTS) is 2. The van der Waals surface area contributed by atoms with Gasteiger partial charge in [-0.05, 0) is 6.07 Å². The van der Waals surface area contributed by atoms with E-state index in [9.17, 15) is 24.6 Å². The summed E-state index contributed by atoms with van der Waals surface area (Å²) in [7, 11) is 0. The number of rotatable bonds is 7. The van der Waals surface area contributed by atoms with Gasteiger partial charge in [0.1, 0.15) is 36.3 Å². The summed E-state index contributed by atoms with van der Waals surface area (Å²) in [6.45, 7) is -0.453. The highest BCUT2D eigenvalue weighted by molar-refractivity contribution is 5.75. The lowest BCUT2D eigenvalue weighted by molar-refractivity contribution is -0.172. The zero-order chi connectivity index (χ0) is 24.0. The molecule has 0 aliphatic carbocycles. The van der Waals surface area contributed by atoms with Crippen LogP contribution >= 0.6 is 0 Å². The Hall–Kier alpha value is -2.70. The average molecular weight is 453 g/mol. The van der Waals surface area contributed by atoms with E-state index in [2.05, 4.69) is 4.98 Å². The van der Waals surface area contributed by atoms with Crippen molar-refractivity contribution in [1.29, 1.82) is 0 Å². The molecule has 2 rings (SSSR count). The predicted octanol–water partition coefficient (Wildman–Crippen LogP) is -5.96. The molecular formula is C15H23N3O13. The van der Waals surface area contributed by atoms with Crippen LogP contribution in [-0.2, 0) is 14.3 Å². The second kappa shape index (κ2) is 11.1. The minimum Gasteiger partial charge on any atom is -0.479 e. The lowest BCUT2D eigenvalue weighted by Crippen LogP contribution is -2.49. The standard InChI is InChI=1S/C9H13N3O5.C6H10O8/c10-5-1-2-12(9(16)11-5)8-7(15)6(14)4(3-13)17-8;7-1(3(9)5(11)12)2(8)4(10)6(13)14/h1-2,4,6-8,13-15H,3H2,(H2,10,11,16);1-4,7-10H,(H,11,12)(H,13,14)/t4-,6-,7-,8-;/m1./s1. The van der Waals surface area contributed by atoms with E-state index in [1.807, 2.05) is 0 Å². The van der Waals surface area contributed by atoms with Gasteiger partial charge in [-0.1, -0.05) is 0 Å². The highest BCUT2D eigenvalue weighted by Gasteiger charge is 2.43. The Morgan fingerprint density at radius 3 is 1.90 bits per heavy atom. The number of nitrogens with two attached hydrogens (primary N) is 1. The first-order valence-electron chi connectivity index (χ1n) is 8.48. The fraction of sp³-hybridized carbons (Fsp3) is 0.600. The molecule has 2 heterocycles. The van der Waals surface area contributed by atoms with Gasteiger partial charge >= 0.3 is 17.6 Å². The van der Waals surface area contributed by atoms with Crippen molar-refractivity contribution in [2.24, 2.45) is 0 Å². The minimum absolute atomic E-state index is 0.0537. The van der Waals surface area contributed by atoms with Crippen molar-refractivity contribution in [3.05, 3.63) is 22.7 Å². The van der Waals surface area contributed by atoms with Gasteiger partial charge in [-0.3, -0.25) is 4.57 Å². The van der Waals surface area contributed by atoms with Crippen LogP contribution < -0.4 is 11.4 Å². The molecule has 0 spiro atoms. The molecule has 0 amide bonds. The van der Waals surface area contributed by atoms with Gasteiger partial charge in [0.25, 0.3) is 0 Å². The van der Waals surface area contributed by atoms with Gasteiger partial charge in [0, 0.05) is 6.20 Å². The number of carboxylic acids is 2. The van der Waals surface area contributed by atoms with Gasteiger partial charge in [0.2, 0.25) is 0 Å². The summed E-state index contributed by atoms with van der Waals surface area (Å²) in [5.41, 5.74) is 4.63. The number of nitrogens with zero attached hydrogens (tertiary/aromatic N) is 2. The quantitative estimate of drug-likeness (QED) is 0.184. The van der Waals surface area contributed by atoms with Crippen molar-refractivity contribution in [3.63, 3.8) is 0 Å². The van der Waals surface area contributed by atoms with Crippen LogP contribution in [-0.4, -0.2) is 117 Å². The zero-order valence-corrected chi connectivity index (χ0v) is 15.6. The van der Waals surface area contributed by atoms with Crippen molar-refractivity contribution < 1.29 is 60.3 Å². The zero-order valence-electron chi connectivity index (χ0n) is 15.6. The van der Waals surface area contributed by atoms with E-state index >= 15 is 0 Å². The molecule has 16 heteroatoms. The van der Waals surface area contributed by atoms with Crippen molar-refractivity contribution in [3.8, 4) is 0 Å². The van der Waals surface area contributed by atoms with Crippen LogP contribution in [0.3, 0.4) is 0 Å². The van der Waals surface area contributed by atoms with E-state index < -0.39 is 73.2 Å². The topological polar surface area (TPSA) is 286 Å². The Balaban J connectivity index is 0.000000318. The van der Waals surface area contributed by atoms with Gasteiger partial charge in [-0.15, -0.1) is 0 Å². The normalized spacial score (nSPS) is 26.8. The highest BCUT2D eigenvalue weighted by Crippen LogP contribution is 2.27. The molecule has 0 radical (unpaired) electrons. The third-order valence-electron chi connectivity index (χ3n) is 4.15. The second-order valence-electron chi connectivity index (χ2n) is 6.32. The Morgan fingerprint density at radius 1 is 1.06 bits per heavy atom. The molecule has 176 valence electrons. The van der Waals surface area contributed by atoms with E-state index in [0.29, 0.717) is 0 Å². The molecule has 1 saturated heterocycles. The third-order valence-corrected chi connectivity index (χ3v) is 4.15. The number of nitrogen functional groups attached to an aromatic ring is 1. The van der Waals surface area contributed by atoms with Crippen LogP contribution in [0.2, 0.25) is 0 Å². The largest absolute Gasteiger partial charge is 0.479 e. The summed E-state index contributed by atoms with van der Waals surface area (Å²) >= 11 is 0. The number of aliphatic hydroxyl groups is 7. The first kappa shape index (κ1) is 26.3. The minimum atomic E-state index is -2.36. The molecule has 31 heavy (non-hydrogen) atoms. The molecule has 11 N–H and O–H groups in total. The lowest BCUT2D eigenvalue weighted by atomic mass is 10.0. The average Bonchev–Trinajstić information content (AvgIpc) is 3.00. The summed E-state index contributed by atoms with van der Waals surface area (Å²) in [5, 5.41) is 79.6. The summed E-state index contributed by atoms with van der Waals surface area (Å²) in [5.74, 6) is -3.62. The molecule has 0 bridgehead atoms. The Bertz CT molecular complexity index is 794. The van der Waals surface area contributed by atoms with Crippen molar-refractivity contribution in [1.82, 2.24) is 9.55 Å². The van der Waals surface area contributed by atoms with E-state index in [-0.39, 0.29) is 5.82 Å². The summed E-state index contributed by atoms with van der Waals surface area (Å²) < 4.78 is 6.19. The second-order valence-corrected chi connectivity index (χ2v) is 6.32. The van der Waals surface area contributed by atoms with Crippen LogP contribution in [0.1, 0.15) is 6.23 Å². The van der Waals surface area contributed by atoms with Crippen molar-refractivity contribution in [2.45, 2.75) is 49.0 Å². The lowest BCUT2D eigenvalue weighted by Gasteiger charge is -2.21. The van der Waals surface area contributed by atoms with Gasteiger partial charge < -0.3 is 56.4 Å². The van der Waals surface area contributed by atoms with Crippen molar-refractivity contribution >= 4 is 17.8 Å². The van der Waals surface area contributed by atoms with Crippen LogP contribution in [0.15, 0.2) is 17.1 Å². The molecule has 1 aromatic heterocycles. The first-order valence-corrected chi connectivity index (χ1v) is 8.48. The summed E-state index contributed by atoms with van der Waals surface area (Å²) in [4.78, 5) is 35.2. The maximum atomic E-state index is 11.5. The number of aromatic nitrogens is 2. The van der Waals surface area contributed by atoms with E-state index in [1.165, 1.54) is 12.3 Å².